The summed E-state index contributed by atoms with van der Waals surface area (Å²) >= 11 is 0. The summed E-state index contributed by atoms with van der Waals surface area (Å²) in [5, 5.41) is 2.66. The molecule has 0 radical (unpaired) electrons. The Morgan fingerprint density at radius 1 is 1.45 bits per heavy atom. The molecule has 20 heavy (non-hydrogen) atoms. The number of hydrogen-bond donors (Lipinski definition) is 1. The van der Waals surface area contributed by atoms with Crippen molar-refractivity contribution < 1.29 is 17.9 Å². The van der Waals surface area contributed by atoms with Crippen molar-refractivity contribution in [3.05, 3.63) is 29.3 Å². The van der Waals surface area contributed by atoms with Crippen LogP contribution >= 0.6 is 10.7 Å². The second-order valence-corrected chi connectivity index (χ2v) is 6.90. The Kier molecular flexibility index (Phi) is 5.98. The maximum absolute atomic E-state index is 11.9. The fourth-order valence-electron chi connectivity index (χ4n) is 1.64. The molecule has 0 fully saturated rings. The maximum atomic E-state index is 11.9. The molecule has 5 nitrogen and oxygen atoms in total. The molecule has 1 amide bonds. The quantitative estimate of drug-likeness (QED) is 0.813. The summed E-state index contributed by atoms with van der Waals surface area (Å²) in [6.45, 7) is 3.98. The zero-order valence-electron chi connectivity index (χ0n) is 11.6. The van der Waals surface area contributed by atoms with Crippen molar-refractivity contribution in [3.8, 4) is 0 Å². The van der Waals surface area contributed by atoms with Crippen LogP contribution in [0.25, 0.3) is 0 Å². The van der Waals surface area contributed by atoms with Crippen LogP contribution in [0, 0.1) is 0 Å². The number of carbonyl (C=O) groups is 1. The number of halogens is 1. The van der Waals surface area contributed by atoms with Gasteiger partial charge in [0, 0.05) is 29.9 Å². The highest BCUT2D eigenvalue weighted by Gasteiger charge is 2.17. The largest absolute Gasteiger partial charge is 0.380 e. The summed E-state index contributed by atoms with van der Waals surface area (Å²) in [5.74, 6) is -0.363. The third-order valence-corrected chi connectivity index (χ3v) is 4.33. The highest BCUT2D eigenvalue weighted by molar-refractivity contribution is 8.13. The molecule has 0 spiro atoms. The van der Waals surface area contributed by atoms with Crippen molar-refractivity contribution >= 4 is 25.6 Å². The lowest BCUT2D eigenvalue weighted by atomic mass is 10.1. The number of methoxy groups -OCH3 is 1. The first-order valence-corrected chi connectivity index (χ1v) is 8.49. The molecule has 112 valence electrons. The van der Waals surface area contributed by atoms with E-state index in [9.17, 15) is 13.2 Å². The molecule has 0 saturated heterocycles. The van der Waals surface area contributed by atoms with Gasteiger partial charge in [0.05, 0.1) is 11.0 Å². The standard InChI is InChI=1S/C13H18ClNO4S/c1-4-10-5-6-11(7-12(10)20(14,17)18)13(16)15-8-9(2)19-3/h5-7,9H,4,8H2,1-3H3,(H,15,16). The normalized spacial score (nSPS) is 13.0. The number of rotatable bonds is 6. The number of nitrogens with one attached hydrogen (secondary N) is 1. The fourth-order valence-corrected chi connectivity index (χ4v) is 2.86. The van der Waals surface area contributed by atoms with Gasteiger partial charge in [-0.2, -0.15) is 0 Å². The molecule has 0 bridgehead atoms. The fraction of sp³-hybridized carbons (Fsp3) is 0.462. The van der Waals surface area contributed by atoms with Crippen LogP contribution in [0.3, 0.4) is 0 Å². The molecule has 1 aromatic rings. The number of aryl methyl sites for hydroxylation is 1. The number of benzene rings is 1. The highest BCUT2D eigenvalue weighted by atomic mass is 35.7. The molecule has 1 N–H and O–H groups in total. The highest BCUT2D eigenvalue weighted by Crippen LogP contribution is 2.22. The van der Waals surface area contributed by atoms with E-state index in [0.717, 1.165) is 0 Å². The van der Waals surface area contributed by atoms with Crippen LogP contribution in [0.1, 0.15) is 29.8 Å². The molecule has 0 aliphatic heterocycles. The van der Waals surface area contributed by atoms with Crippen LogP contribution in [-0.2, 0) is 20.2 Å². The Balaban J connectivity index is 3.00. The van der Waals surface area contributed by atoms with Gasteiger partial charge in [0.25, 0.3) is 15.0 Å². The smallest absolute Gasteiger partial charge is 0.261 e. The predicted molar refractivity (Wildman–Crippen MR) is 77.7 cm³/mol. The molecular formula is C13H18ClNO4S. The van der Waals surface area contributed by atoms with E-state index in [1.165, 1.54) is 6.07 Å². The summed E-state index contributed by atoms with van der Waals surface area (Å²) in [4.78, 5) is 11.9. The Labute approximate surface area is 123 Å². The first kappa shape index (κ1) is 16.9. The van der Waals surface area contributed by atoms with Crippen LogP contribution in [0.5, 0.6) is 0 Å². The minimum absolute atomic E-state index is 0.0193. The monoisotopic (exact) mass is 319 g/mol. The summed E-state index contributed by atoms with van der Waals surface area (Å²) < 4.78 is 28.0. The van der Waals surface area contributed by atoms with Crippen molar-refractivity contribution in [1.29, 1.82) is 0 Å². The third kappa shape index (κ3) is 4.47. The van der Waals surface area contributed by atoms with E-state index in [1.54, 1.807) is 19.2 Å². The lowest BCUT2D eigenvalue weighted by Crippen LogP contribution is -2.31. The van der Waals surface area contributed by atoms with E-state index in [4.69, 9.17) is 15.4 Å². The number of amides is 1. The van der Waals surface area contributed by atoms with Crippen LogP contribution in [0.2, 0.25) is 0 Å². The van der Waals surface area contributed by atoms with Gasteiger partial charge in [-0.25, -0.2) is 8.42 Å². The minimum atomic E-state index is -3.87. The van der Waals surface area contributed by atoms with Crippen molar-refractivity contribution in [1.82, 2.24) is 5.32 Å². The molecule has 0 heterocycles. The molecule has 1 rings (SSSR count). The van der Waals surface area contributed by atoms with Crippen LogP contribution in [0.4, 0.5) is 0 Å². The average molecular weight is 320 g/mol. The van der Waals surface area contributed by atoms with Gasteiger partial charge in [-0.15, -0.1) is 0 Å². The van der Waals surface area contributed by atoms with Crippen molar-refractivity contribution in [2.45, 2.75) is 31.3 Å². The van der Waals surface area contributed by atoms with Gasteiger partial charge in [-0.05, 0) is 31.0 Å². The average Bonchev–Trinajstić information content (AvgIpc) is 2.42. The molecule has 7 heteroatoms. The van der Waals surface area contributed by atoms with E-state index in [-0.39, 0.29) is 22.5 Å². The Morgan fingerprint density at radius 2 is 2.10 bits per heavy atom. The van der Waals surface area contributed by atoms with Gasteiger partial charge < -0.3 is 10.1 Å². The molecule has 0 aliphatic rings. The van der Waals surface area contributed by atoms with Gasteiger partial charge in [0.15, 0.2) is 0 Å². The van der Waals surface area contributed by atoms with Crippen LogP contribution in [-0.4, -0.2) is 34.1 Å². The zero-order valence-corrected chi connectivity index (χ0v) is 13.2. The summed E-state index contributed by atoms with van der Waals surface area (Å²) in [6, 6.07) is 4.48. The van der Waals surface area contributed by atoms with Gasteiger partial charge in [-0.1, -0.05) is 13.0 Å². The lowest BCUT2D eigenvalue weighted by molar-refractivity contribution is 0.0870. The Bertz CT molecular complexity index is 586. The van der Waals surface area contributed by atoms with Gasteiger partial charge >= 0.3 is 0 Å². The Morgan fingerprint density at radius 3 is 2.60 bits per heavy atom. The maximum Gasteiger partial charge on any atom is 0.261 e. The second kappa shape index (κ2) is 7.06. The van der Waals surface area contributed by atoms with E-state index < -0.39 is 9.05 Å². The summed E-state index contributed by atoms with van der Waals surface area (Å²) in [5.41, 5.74) is 0.839. The molecule has 0 saturated carbocycles. The van der Waals surface area contributed by atoms with E-state index in [2.05, 4.69) is 5.32 Å². The first-order valence-electron chi connectivity index (χ1n) is 6.18. The zero-order chi connectivity index (χ0) is 15.3. The number of ether oxygens (including phenoxy) is 1. The van der Waals surface area contributed by atoms with E-state index in [0.29, 0.717) is 18.5 Å². The second-order valence-electron chi connectivity index (χ2n) is 4.37. The molecule has 1 atom stereocenters. The van der Waals surface area contributed by atoms with Crippen molar-refractivity contribution in [3.63, 3.8) is 0 Å². The van der Waals surface area contributed by atoms with Crippen LogP contribution < -0.4 is 5.32 Å². The number of hydrogen-bond acceptors (Lipinski definition) is 4. The molecular weight excluding hydrogens is 302 g/mol. The van der Waals surface area contributed by atoms with Crippen molar-refractivity contribution in [2.75, 3.05) is 13.7 Å². The third-order valence-electron chi connectivity index (χ3n) is 2.93. The van der Waals surface area contributed by atoms with Gasteiger partial charge in [-0.3, -0.25) is 4.79 Å². The first-order chi connectivity index (χ1) is 9.29. The van der Waals surface area contributed by atoms with E-state index in [1.807, 2.05) is 13.8 Å². The SMILES string of the molecule is CCc1ccc(C(=O)NCC(C)OC)cc1S(=O)(=O)Cl. The van der Waals surface area contributed by atoms with Crippen molar-refractivity contribution in [2.24, 2.45) is 0 Å². The summed E-state index contributed by atoms with van der Waals surface area (Å²) in [7, 11) is 3.07. The molecule has 1 unspecified atom stereocenters. The topological polar surface area (TPSA) is 72.5 Å². The minimum Gasteiger partial charge on any atom is -0.380 e. The molecule has 1 aromatic carbocycles. The predicted octanol–water partition coefficient (Wildman–Crippen LogP) is 1.94. The van der Waals surface area contributed by atoms with Gasteiger partial charge in [0.1, 0.15) is 0 Å². The van der Waals surface area contributed by atoms with Crippen LogP contribution in [0.15, 0.2) is 23.1 Å². The van der Waals surface area contributed by atoms with Gasteiger partial charge in [0.2, 0.25) is 0 Å². The van der Waals surface area contributed by atoms with E-state index >= 15 is 0 Å². The number of carbonyl (C=O) groups excluding carboxylic acids is 1. The summed E-state index contributed by atoms with van der Waals surface area (Å²) in [6.07, 6.45) is 0.397. The Hall–Kier alpha value is -1.11. The molecule has 0 aromatic heterocycles. The lowest BCUT2D eigenvalue weighted by Gasteiger charge is -2.12. The molecule has 0 aliphatic carbocycles.